The van der Waals surface area contributed by atoms with E-state index in [9.17, 15) is 8.42 Å². The summed E-state index contributed by atoms with van der Waals surface area (Å²) in [5.41, 5.74) is 1.68. The van der Waals surface area contributed by atoms with E-state index in [2.05, 4.69) is 25.6 Å². The molecule has 0 amide bonds. The second kappa shape index (κ2) is 5.16. The van der Waals surface area contributed by atoms with Crippen molar-refractivity contribution in [3.63, 3.8) is 0 Å². The van der Waals surface area contributed by atoms with E-state index in [1.807, 2.05) is 0 Å². The molecule has 0 saturated carbocycles. The van der Waals surface area contributed by atoms with Gasteiger partial charge in [0, 0.05) is 11.4 Å². The third kappa shape index (κ3) is 2.93. The zero-order valence-electron chi connectivity index (χ0n) is 11.0. The van der Waals surface area contributed by atoms with Gasteiger partial charge in [-0.1, -0.05) is 22.0 Å². The van der Waals surface area contributed by atoms with Gasteiger partial charge < -0.3 is 4.42 Å². The molecule has 5 nitrogen and oxygen atoms in total. The Morgan fingerprint density at radius 3 is 2.76 bits per heavy atom. The van der Waals surface area contributed by atoms with Crippen LogP contribution in [-0.4, -0.2) is 13.4 Å². The Bertz CT molecular complexity index is 919. The maximum absolute atomic E-state index is 12.3. The van der Waals surface area contributed by atoms with Crippen LogP contribution >= 0.6 is 15.9 Å². The van der Waals surface area contributed by atoms with Crippen molar-refractivity contribution < 1.29 is 12.8 Å². The van der Waals surface area contributed by atoms with Crippen molar-refractivity contribution in [2.24, 2.45) is 0 Å². The monoisotopic (exact) mass is 366 g/mol. The molecule has 3 rings (SSSR count). The first-order chi connectivity index (χ1) is 9.94. The van der Waals surface area contributed by atoms with Crippen LogP contribution in [-0.2, 0) is 10.0 Å². The number of nitrogens with one attached hydrogen (secondary N) is 1. The first-order valence-electron chi connectivity index (χ1n) is 6.10. The predicted octanol–water partition coefficient (Wildman–Crippen LogP) is 3.70. The number of hydrogen-bond donors (Lipinski definition) is 1. The fraction of sp³-hybridized carbons (Fsp3) is 0.0714. The number of nitrogens with zero attached hydrogens (tertiary/aromatic N) is 1. The lowest BCUT2D eigenvalue weighted by Gasteiger charge is -2.08. The number of aryl methyl sites for hydroxylation is 1. The van der Waals surface area contributed by atoms with Crippen molar-refractivity contribution in [3.05, 3.63) is 52.8 Å². The van der Waals surface area contributed by atoms with E-state index in [1.54, 1.807) is 43.3 Å². The number of sulfonamides is 1. The molecule has 0 aliphatic carbocycles. The van der Waals surface area contributed by atoms with Crippen LogP contribution in [0.25, 0.3) is 11.1 Å². The third-order valence-corrected chi connectivity index (χ3v) is 4.73. The second-order valence-electron chi connectivity index (χ2n) is 4.48. The minimum Gasteiger partial charge on any atom is -0.441 e. The molecule has 1 aromatic heterocycles. The van der Waals surface area contributed by atoms with Gasteiger partial charge in [0.2, 0.25) is 0 Å². The van der Waals surface area contributed by atoms with Gasteiger partial charge in [-0.2, -0.15) is 0 Å². The van der Waals surface area contributed by atoms with Gasteiger partial charge >= 0.3 is 0 Å². The summed E-state index contributed by atoms with van der Waals surface area (Å²) in [5, 5.41) is 0. The van der Waals surface area contributed by atoms with Crippen molar-refractivity contribution in [1.82, 2.24) is 4.98 Å². The molecule has 2 aromatic carbocycles. The van der Waals surface area contributed by atoms with Gasteiger partial charge in [0.05, 0.1) is 10.6 Å². The zero-order chi connectivity index (χ0) is 15.0. The van der Waals surface area contributed by atoms with Gasteiger partial charge in [0.25, 0.3) is 10.0 Å². The molecule has 0 bridgehead atoms. The highest BCUT2D eigenvalue weighted by atomic mass is 79.9. The molecule has 1 N–H and O–H groups in total. The van der Waals surface area contributed by atoms with Gasteiger partial charge in [0.1, 0.15) is 5.52 Å². The number of fused-ring (bicyclic) bond motifs is 1. The van der Waals surface area contributed by atoms with Crippen LogP contribution in [0.1, 0.15) is 5.89 Å². The van der Waals surface area contributed by atoms with Crippen molar-refractivity contribution in [3.8, 4) is 0 Å². The first kappa shape index (κ1) is 14.1. The van der Waals surface area contributed by atoms with Gasteiger partial charge in [0.15, 0.2) is 11.5 Å². The summed E-state index contributed by atoms with van der Waals surface area (Å²) in [7, 11) is -3.64. The SMILES string of the molecule is Cc1nc2cc(NS(=O)(=O)c3cccc(Br)c3)ccc2o1. The highest BCUT2D eigenvalue weighted by Crippen LogP contribution is 2.23. The van der Waals surface area contributed by atoms with E-state index < -0.39 is 10.0 Å². The average molecular weight is 367 g/mol. The minimum absolute atomic E-state index is 0.188. The topological polar surface area (TPSA) is 72.2 Å². The molecular formula is C14H11BrN2O3S. The Kier molecular flexibility index (Phi) is 3.46. The number of hydrogen-bond acceptors (Lipinski definition) is 4. The lowest BCUT2D eigenvalue weighted by molar-refractivity contribution is 0.561. The maximum Gasteiger partial charge on any atom is 0.261 e. The molecule has 3 aromatic rings. The number of benzene rings is 2. The van der Waals surface area contributed by atoms with Crippen LogP contribution in [0.4, 0.5) is 5.69 Å². The van der Waals surface area contributed by atoms with E-state index in [1.165, 1.54) is 6.07 Å². The average Bonchev–Trinajstić information content (AvgIpc) is 2.77. The maximum atomic E-state index is 12.3. The van der Waals surface area contributed by atoms with Crippen LogP contribution in [0.2, 0.25) is 0 Å². The highest BCUT2D eigenvalue weighted by Gasteiger charge is 2.15. The molecule has 0 unspecified atom stereocenters. The molecular weight excluding hydrogens is 356 g/mol. The van der Waals surface area contributed by atoms with E-state index in [0.717, 1.165) is 0 Å². The molecule has 1 heterocycles. The number of aromatic nitrogens is 1. The predicted molar refractivity (Wildman–Crippen MR) is 83.7 cm³/mol. The summed E-state index contributed by atoms with van der Waals surface area (Å²) >= 11 is 3.26. The van der Waals surface area contributed by atoms with E-state index in [4.69, 9.17) is 4.42 Å². The van der Waals surface area contributed by atoms with Crippen LogP contribution < -0.4 is 4.72 Å². The van der Waals surface area contributed by atoms with Gasteiger partial charge in [-0.15, -0.1) is 0 Å². The largest absolute Gasteiger partial charge is 0.441 e. The number of rotatable bonds is 3. The molecule has 0 spiro atoms. The normalized spacial score (nSPS) is 11.7. The van der Waals surface area contributed by atoms with Gasteiger partial charge in [-0.25, -0.2) is 13.4 Å². The molecule has 0 fully saturated rings. The van der Waals surface area contributed by atoms with E-state index in [-0.39, 0.29) is 4.90 Å². The van der Waals surface area contributed by atoms with Crippen molar-refractivity contribution in [2.45, 2.75) is 11.8 Å². The zero-order valence-corrected chi connectivity index (χ0v) is 13.4. The van der Waals surface area contributed by atoms with Crippen LogP contribution in [0.5, 0.6) is 0 Å². The van der Waals surface area contributed by atoms with Crippen LogP contribution in [0.3, 0.4) is 0 Å². The van der Waals surface area contributed by atoms with Crippen molar-refractivity contribution in [1.29, 1.82) is 0 Å². The summed E-state index contributed by atoms with van der Waals surface area (Å²) in [4.78, 5) is 4.37. The minimum atomic E-state index is -3.64. The Morgan fingerprint density at radius 1 is 1.19 bits per heavy atom. The first-order valence-corrected chi connectivity index (χ1v) is 8.37. The summed E-state index contributed by atoms with van der Waals surface area (Å²) in [5.74, 6) is 0.539. The Hall–Kier alpha value is -1.86. The highest BCUT2D eigenvalue weighted by molar-refractivity contribution is 9.10. The summed E-state index contributed by atoms with van der Waals surface area (Å²) < 4.78 is 33.2. The molecule has 0 atom stereocenters. The fourth-order valence-corrected chi connectivity index (χ4v) is 3.60. The standard InChI is InChI=1S/C14H11BrN2O3S/c1-9-16-13-8-11(5-6-14(13)20-9)17-21(18,19)12-4-2-3-10(15)7-12/h2-8,17H,1H3. The van der Waals surface area contributed by atoms with Crippen LogP contribution in [0.15, 0.2) is 56.2 Å². The smallest absolute Gasteiger partial charge is 0.261 e. The fourth-order valence-electron chi connectivity index (χ4n) is 1.95. The Labute approximate surface area is 130 Å². The molecule has 0 radical (unpaired) electrons. The lowest BCUT2D eigenvalue weighted by Crippen LogP contribution is -2.12. The third-order valence-electron chi connectivity index (χ3n) is 2.85. The Balaban J connectivity index is 1.96. The van der Waals surface area contributed by atoms with Gasteiger partial charge in [-0.05, 0) is 36.4 Å². The van der Waals surface area contributed by atoms with Crippen LogP contribution in [0, 0.1) is 6.92 Å². The quantitative estimate of drug-likeness (QED) is 0.766. The summed E-state index contributed by atoms with van der Waals surface area (Å²) in [6.07, 6.45) is 0. The summed E-state index contributed by atoms with van der Waals surface area (Å²) in [6.45, 7) is 1.74. The molecule has 0 aliphatic rings. The molecule has 21 heavy (non-hydrogen) atoms. The van der Waals surface area contributed by atoms with E-state index in [0.29, 0.717) is 27.2 Å². The van der Waals surface area contributed by atoms with Crippen molar-refractivity contribution in [2.75, 3.05) is 4.72 Å². The number of halogens is 1. The summed E-state index contributed by atoms with van der Waals surface area (Å²) in [6, 6.07) is 11.5. The lowest BCUT2D eigenvalue weighted by atomic mass is 10.3. The molecule has 7 heteroatoms. The van der Waals surface area contributed by atoms with Crippen molar-refractivity contribution >= 4 is 42.7 Å². The second-order valence-corrected chi connectivity index (χ2v) is 7.08. The van der Waals surface area contributed by atoms with Gasteiger partial charge in [-0.3, -0.25) is 4.72 Å². The molecule has 0 saturated heterocycles. The molecule has 108 valence electrons. The molecule has 0 aliphatic heterocycles. The number of anilines is 1. The van der Waals surface area contributed by atoms with E-state index >= 15 is 0 Å². The Morgan fingerprint density at radius 2 is 2.00 bits per heavy atom. The number of oxazole rings is 1.